The lowest BCUT2D eigenvalue weighted by atomic mass is 9.98. The Balaban J connectivity index is 1.52. The fraction of sp³-hybridized carbons (Fsp3) is 0. The lowest BCUT2D eigenvalue weighted by Gasteiger charge is -2.10. The Morgan fingerprint density at radius 2 is 0.750 bits per heavy atom. The molecule has 0 heterocycles. The molecule has 0 aromatic heterocycles. The Hall–Kier alpha value is -4.26. The first-order valence-electron chi connectivity index (χ1n) is 10.6. The summed E-state index contributed by atoms with van der Waals surface area (Å²) in [5.41, 5.74) is 0.530. The van der Waals surface area contributed by atoms with E-state index in [1.807, 2.05) is 0 Å². The minimum Gasteiger partial charge on any atom is -0.289 e. The van der Waals surface area contributed by atoms with Crippen molar-refractivity contribution in [2.45, 2.75) is 0 Å². The normalized spacial score (nSPS) is 10.4. The minimum absolute atomic E-state index is 0.0548. The molecule has 0 unspecified atom stereocenters. The van der Waals surface area contributed by atoms with Crippen molar-refractivity contribution in [1.82, 2.24) is 0 Å². The van der Waals surface area contributed by atoms with Crippen LogP contribution >= 0.6 is 23.2 Å². The Kier molecular flexibility index (Phi) is 7.59. The van der Waals surface area contributed by atoms with Crippen molar-refractivity contribution in [3.63, 3.8) is 0 Å². The molecular weight excluding hydrogens is 503 g/mol. The number of ketones is 2. The first kappa shape index (κ1) is 24.9. The van der Waals surface area contributed by atoms with Crippen molar-refractivity contribution in [3.05, 3.63) is 140 Å². The summed E-state index contributed by atoms with van der Waals surface area (Å²) in [4.78, 5) is 60.8. The molecule has 0 aliphatic carbocycles. The van der Waals surface area contributed by atoms with Crippen LogP contribution in [0.4, 0.5) is 0 Å². The number of halogens is 2. The summed E-state index contributed by atoms with van der Waals surface area (Å²) in [5.74, 6) is -2.99. The number of hydrogen-bond donors (Lipinski definition) is 0. The van der Waals surface area contributed by atoms with E-state index in [1.165, 1.54) is 60.7 Å². The Morgan fingerprint density at radius 1 is 0.444 bits per heavy atom. The maximum absolute atomic E-state index is 12.9. The molecule has 6 nitrogen and oxygen atoms in total. The number of hydrogen-bond acceptors (Lipinski definition) is 6. The second kappa shape index (κ2) is 11.0. The summed E-state index contributed by atoms with van der Waals surface area (Å²) in [6.45, 7) is 0. The first-order chi connectivity index (χ1) is 17.3. The van der Waals surface area contributed by atoms with E-state index >= 15 is 0 Å². The van der Waals surface area contributed by atoms with E-state index in [0.29, 0.717) is 21.2 Å². The van der Waals surface area contributed by atoms with E-state index in [9.17, 15) is 19.2 Å². The monoisotopic (exact) mass is 518 g/mol. The number of carbonyl (C=O) groups excluding carboxylic acids is 4. The second-order valence-electron chi connectivity index (χ2n) is 7.50. The van der Waals surface area contributed by atoms with Crippen molar-refractivity contribution >= 4 is 46.7 Å². The Bertz CT molecular complexity index is 1350. The zero-order valence-corrected chi connectivity index (χ0v) is 20.0. The third kappa shape index (κ3) is 5.51. The largest absolute Gasteiger partial charge is 0.387 e. The van der Waals surface area contributed by atoms with Gasteiger partial charge in [0.05, 0.1) is 11.1 Å². The molecule has 4 rings (SSSR count). The highest BCUT2D eigenvalue weighted by Gasteiger charge is 2.24. The van der Waals surface area contributed by atoms with Crippen LogP contribution in [0.1, 0.15) is 52.6 Å². The van der Waals surface area contributed by atoms with E-state index in [4.69, 9.17) is 33.0 Å². The lowest BCUT2D eigenvalue weighted by Crippen LogP contribution is -2.17. The van der Waals surface area contributed by atoms with Gasteiger partial charge in [-0.1, -0.05) is 59.6 Å². The summed E-state index contributed by atoms with van der Waals surface area (Å²) in [7, 11) is 0. The molecule has 0 amide bonds. The van der Waals surface area contributed by atoms with Gasteiger partial charge in [0.1, 0.15) is 0 Å². The van der Waals surface area contributed by atoms with Crippen LogP contribution in [0.15, 0.2) is 97.1 Å². The van der Waals surface area contributed by atoms with Crippen LogP contribution in [0.5, 0.6) is 0 Å². The maximum Gasteiger partial charge on any atom is 0.387 e. The fourth-order valence-corrected chi connectivity index (χ4v) is 3.65. The van der Waals surface area contributed by atoms with Crippen LogP contribution in [0.25, 0.3) is 0 Å². The molecule has 0 atom stereocenters. The third-order valence-electron chi connectivity index (χ3n) is 5.19. The average Bonchev–Trinajstić information content (AvgIpc) is 2.91. The molecule has 0 N–H and O–H groups in total. The Labute approximate surface area is 215 Å². The van der Waals surface area contributed by atoms with Gasteiger partial charge in [-0.3, -0.25) is 9.59 Å². The van der Waals surface area contributed by atoms with Gasteiger partial charge in [0.2, 0.25) is 0 Å². The Morgan fingerprint density at radius 3 is 1.08 bits per heavy atom. The van der Waals surface area contributed by atoms with E-state index < -0.39 is 23.5 Å². The number of rotatable bonds is 6. The topological polar surface area (TPSA) is 86.7 Å². The van der Waals surface area contributed by atoms with Crippen molar-refractivity contribution < 1.29 is 29.0 Å². The summed E-state index contributed by atoms with van der Waals surface area (Å²) in [5, 5.41) is 0.918. The van der Waals surface area contributed by atoms with Crippen LogP contribution in [0.2, 0.25) is 10.0 Å². The first-order valence-corrected chi connectivity index (χ1v) is 11.3. The lowest BCUT2D eigenvalue weighted by molar-refractivity contribution is -0.187. The predicted molar refractivity (Wildman–Crippen MR) is 133 cm³/mol. The number of benzene rings is 4. The third-order valence-corrected chi connectivity index (χ3v) is 5.69. The summed E-state index contributed by atoms with van der Waals surface area (Å²) in [6, 6.07) is 24.2. The van der Waals surface area contributed by atoms with Gasteiger partial charge in [-0.25, -0.2) is 19.4 Å². The summed E-state index contributed by atoms with van der Waals surface area (Å²) < 4.78 is 0. The highest BCUT2D eigenvalue weighted by molar-refractivity contribution is 6.31. The van der Waals surface area contributed by atoms with Gasteiger partial charge in [0, 0.05) is 32.3 Å². The highest BCUT2D eigenvalue weighted by atomic mass is 35.5. The molecule has 0 bridgehead atoms. The molecule has 0 aliphatic rings. The molecule has 0 radical (unpaired) electrons. The molecule has 4 aromatic carbocycles. The molecule has 0 aliphatic heterocycles. The van der Waals surface area contributed by atoms with Gasteiger partial charge in [0.25, 0.3) is 0 Å². The van der Waals surface area contributed by atoms with Gasteiger partial charge in [-0.05, 0) is 60.7 Å². The SMILES string of the molecule is O=C(OOC(=O)c1ccccc1C(=O)c1ccc(Cl)cc1)c1ccccc1C(=O)c1ccc(Cl)cc1. The van der Waals surface area contributed by atoms with Gasteiger partial charge in [-0.2, -0.15) is 0 Å². The van der Waals surface area contributed by atoms with Crippen molar-refractivity contribution in [1.29, 1.82) is 0 Å². The average molecular weight is 519 g/mol. The smallest absolute Gasteiger partial charge is 0.289 e. The van der Waals surface area contributed by atoms with Gasteiger partial charge in [0.15, 0.2) is 11.6 Å². The van der Waals surface area contributed by atoms with Crippen LogP contribution < -0.4 is 0 Å². The highest BCUT2D eigenvalue weighted by Crippen LogP contribution is 2.20. The molecular formula is C28H16Cl2O6. The van der Waals surface area contributed by atoms with E-state index in [-0.39, 0.29) is 22.3 Å². The quantitative estimate of drug-likeness (QED) is 0.167. The predicted octanol–water partition coefficient (Wildman–Crippen LogP) is 6.38. The van der Waals surface area contributed by atoms with E-state index in [0.717, 1.165) is 0 Å². The van der Waals surface area contributed by atoms with E-state index in [2.05, 4.69) is 0 Å². The standard InChI is InChI=1S/C28H16Cl2O6/c29-19-13-9-17(10-14-19)25(31)21-5-1-3-7-23(21)27(33)35-36-28(34)24-8-4-2-6-22(24)26(32)18-11-15-20(30)16-12-18/h1-16H. The summed E-state index contributed by atoms with van der Waals surface area (Å²) in [6.07, 6.45) is 0. The molecule has 0 saturated carbocycles. The minimum atomic E-state index is -1.05. The molecule has 0 spiro atoms. The fourth-order valence-electron chi connectivity index (χ4n) is 3.40. The van der Waals surface area contributed by atoms with Crippen molar-refractivity contribution in [3.8, 4) is 0 Å². The summed E-state index contributed by atoms with van der Waals surface area (Å²) >= 11 is 11.8. The van der Waals surface area contributed by atoms with Gasteiger partial charge in [-0.15, -0.1) is 0 Å². The van der Waals surface area contributed by atoms with Crippen molar-refractivity contribution in [2.75, 3.05) is 0 Å². The zero-order valence-electron chi connectivity index (χ0n) is 18.4. The second-order valence-corrected chi connectivity index (χ2v) is 8.38. The molecule has 178 valence electrons. The van der Waals surface area contributed by atoms with Crippen LogP contribution in [-0.2, 0) is 9.78 Å². The van der Waals surface area contributed by atoms with Crippen molar-refractivity contribution in [2.24, 2.45) is 0 Å². The zero-order chi connectivity index (χ0) is 25.7. The van der Waals surface area contributed by atoms with Gasteiger partial charge < -0.3 is 0 Å². The molecule has 0 saturated heterocycles. The molecule has 8 heteroatoms. The molecule has 36 heavy (non-hydrogen) atoms. The van der Waals surface area contributed by atoms with Gasteiger partial charge >= 0.3 is 11.9 Å². The molecule has 0 fully saturated rings. The van der Waals surface area contributed by atoms with Crippen LogP contribution in [-0.4, -0.2) is 23.5 Å². The molecule has 4 aromatic rings. The number of carbonyl (C=O) groups is 4. The van der Waals surface area contributed by atoms with Crippen LogP contribution in [0.3, 0.4) is 0 Å². The maximum atomic E-state index is 12.9. The van der Waals surface area contributed by atoms with Crippen LogP contribution in [0, 0.1) is 0 Å². The van der Waals surface area contributed by atoms with E-state index in [1.54, 1.807) is 36.4 Å².